The van der Waals surface area contributed by atoms with Gasteiger partial charge in [-0.2, -0.15) is 0 Å². The van der Waals surface area contributed by atoms with Gasteiger partial charge in [0.05, 0.1) is 20.8 Å². The van der Waals surface area contributed by atoms with Crippen molar-refractivity contribution in [3.63, 3.8) is 0 Å². The van der Waals surface area contributed by atoms with E-state index in [9.17, 15) is 9.90 Å². The zero-order valence-corrected chi connectivity index (χ0v) is 18.4. The second-order valence-corrected chi connectivity index (χ2v) is 9.07. The number of aliphatic hydroxyl groups excluding tert-OH is 1. The molecule has 0 radical (unpaired) electrons. The number of benzene rings is 1. The minimum absolute atomic E-state index is 0.119. The van der Waals surface area contributed by atoms with Crippen LogP contribution in [0.15, 0.2) is 18.2 Å². The van der Waals surface area contributed by atoms with Gasteiger partial charge in [0, 0.05) is 36.8 Å². The topological polar surface area (TPSA) is 62.2 Å². The number of amides is 1. The Kier molecular flexibility index (Phi) is 6.84. The second-order valence-electron chi connectivity index (χ2n) is 9.07. The molecule has 1 saturated heterocycles. The second kappa shape index (κ2) is 9.56. The normalized spacial score (nSPS) is 25.0. The molecule has 1 aromatic carbocycles. The van der Waals surface area contributed by atoms with E-state index in [1.165, 1.54) is 25.7 Å². The summed E-state index contributed by atoms with van der Waals surface area (Å²) in [6, 6.07) is 6.05. The van der Waals surface area contributed by atoms with E-state index < -0.39 is 6.04 Å². The number of carbonyl (C=O) groups is 1. The van der Waals surface area contributed by atoms with Gasteiger partial charge in [0.25, 0.3) is 0 Å². The van der Waals surface area contributed by atoms with Gasteiger partial charge in [-0.25, -0.2) is 0 Å². The highest BCUT2D eigenvalue weighted by molar-refractivity contribution is 5.82. The monoisotopic (exact) mass is 416 g/mol. The molecule has 166 valence electrons. The van der Waals surface area contributed by atoms with Crippen molar-refractivity contribution in [3.8, 4) is 11.5 Å². The third-order valence-electron chi connectivity index (χ3n) is 7.25. The maximum absolute atomic E-state index is 13.7. The van der Waals surface area contributed by atoms with Crippen LogP contribution in [-0.2, 0) is 11.3 Å². The Morgan fingerprint density at radius 1 is 1.13 bits per heavy atom. The van der Waals surface area contributed by atoms with E-state index >= 15 is 0 Å². The van der Waals surface area contributed by atoms with E-state index in [2.05, 4.69) is 9.80 Å². The Balaban J connectivity index is 1.54. The Morgan fingerprint density at radius 2 is 1.90 bits per heavy atom. The first-order valence-corrected chi connectivity index (χ1v) is 11.5. The summed E-state index contributed by atoms with van der Waals surface area (Å²) in [5.41, 5.74) is 1.02. The van der Waals surface area contributed by atoms with Crippen molar-refractivity contribution in [1.82, 2.24) is 9.80 Å². The molecule has 6 nitrogen and oxygen atoms in total. The summed E-state index contributed by atoms with van der Waals surface area (Å²) in [6.45, 7) is 1.29. The van der Waals surface area contributed by atoms with Crippen LogP contribution in [0.2, 0.25) is 0 Å². The largest absolute Gasteiger partial charge is 0.497 e. The quantitative estimate of drug-likeness (QED) is 0.705. The maximum Gasteiger partial charge on any atom is 0.242 e. The fourth-order valence-corrected chi connectivity index (χ4v) is 5.49. The highest BCUT2D eigenvalue weighted by Gasteiger charge is 2.43. The SMILES string of the molecule is COc1ccc(CN(C2CC2)[C@H](CO)C(=O)N2CCC[C@@H]3CCCC[C@@H]32)c(OC)c1. The Morgan fingerprint density at radius 3 is 2.60 bits per heavy atom. The third-order valence-corrected chi connectivity index (χ3v) is 7.25. The number of methoxy groups -OCH3 is 2. The molecular weight excluding hydrogens is 380 g/mol. The number of hydrogen-bond donors (Lipinski definition) is 1. The van der Waals surface area contributed by atoms with Crippen LogP contribution < -0.4 is 9.47 Å². The number of piperidine rings is 1. The Hall–Kier alpha value is -1.79. The van der Waals surface area contributed by atoms with E-state index in [1.807, 2.05) is 18.2 Å². The van der Waals surface area contributed by atoms with Crippen LogP contribution in [0.3, 0.4) is 0 Å². The number of carbonyl (C=O) groups excluding carboxylic acids is 1. The molecule has 0 bridgehead atoms. The summed E-state index contributed by atoms with van der Waals surface area (Å²) < 4.78 is 10.9. The van der Waals surface area contributed by atoms with Crippen LogP contribution in [0.5, 0.6) is 11.5 Å². The van der Waals surface area contributed by atoms with Crippen molar-refractivity contribution in [2.24, 2.45) is 5.92 Å². The van der Waals surface area contributed by atoms with Gasteiger partial charge in [-0.05, 0) is 50.5 Å². The molecule has 6 heteroatoms. The van der Waals surface area contributed by atoms with Gasteiger partial charge < -0.3 is 19.5 Å². The maximum atomic E-state index is 13.7. The molecule has 0 spiro atoms. The van der Waals surface area contributed by atoms with Gasteiger partial charge in [-0.1, -0.05) is 18.9 Å². The molecule has 30 heavy (non-hydrogen) atoms. The average Bonchev–Trinajstić information content (AvgIpc) is 3.63. The number of fused-ring (bicyclic) bond motifs is 1. The smallest absolute Gasteiger partial charge is 0.242 e. The van der Waals surface area contributed by atoms with Crippen molar-refractivity contribution in [1.29, 1.82) is 0 Å². The van der Waals surface area contributed by atoms with Crippen molar-refractivity contribution < 1.29 is 19.4 Å². The van der Waals surface area contributed by atoms with Crippen LogP contribution in [0.25, 0.3) is 0 Å². The molecule has 1 amide bonds. The number of rotatable bonds is 8. The fraction of sp³-hybridized carbons (Fsp3) is 0.708. The lowest BCUT2D eigenvalue weighted by Crippen LogP contribution is -2.57. The van der Waals surface area contributed by atoms with Gasteiger partial charge in [0.1, 0.15) is 17.5 Å². The molecule has 1 aromatic rings. The molecule has 3 fully saturated rings. The molecule has 1 N–H and O–H groups in total. The van der Waals surface area contributed by atoms with E-state index in [0.29, 0.717) is 24.5 Å². The summed E-state index contributed by atoms with van der Waals surface area (Å²) in [6.07, 6.45) is 9.34. The van der Waals surface area contributed by atoms with Crippen LogP contribution in [-0.4, -0.2) is 66.3 Å². The van der Waals surface area contributed by atoms with Gasteiger partial charge in [-0.3, -0.25) is 9.69 Å². The molecular formula is C24H36N2O4. The summed E-state index contributed by atoms with van der Waals surface area (Å²) in [4.78, 5) is 18.0. The summed E-state index contributed by atoms with van der Waals surface area (Å²) >= 11 is 0. The van der Waals surface area contributed by atoms with E-state index in [4.69, 9.17) is 9.47 Å². The summed E-state index contributed by atoms with van der Waals surface area (Å²) in [5, 5.41) is 10.3. The lowest BCUT2D eigenvalue weighted by atomic mass is 9.78. The number of aliphatic hydroxyl groups is 1. The predicted octanol–water partition coefficient (Wildman–Crippen LogP) is 3.21. The predicted molar refractivity (Wildman–Crippen MR) is 116 cm³/mol. The standard InChI is InChI=1S/C24H36N2O4/c1-29-20-12-9-18(23(14-20)30-2)15-26(19-10-11-19)22(16-27)24(28)25-13-5-7-17-6-3-4-8-21(17)25/h9,12,14,17,19,21-22,27H,3-8,10-11,13,15-16H2,1-2H3/t17-,21-,22+/m0/s1. The molecule has 0 aromatic heterocycles. The lowest BCUT2D eigenvalue weighted by molar-refractivity contribution is -0.145. The van der Waals surface area contributed by atoms with Crippen molar-refractivity contribution in [2.45, 2.75) is 76.0 Å². The van der Waals surface area contributed by atoms with E-state index in [1.54, 1.807) is 14.2 Å². The number of nitrogens with zero attached hydrogens (tertiary/aromatic N) is 2. The summed E-state index contributed by atoms with van der Waals surface area (Å²) in [7, 11) is 3.30. The van der Waals surface area contributed by atoms with Gasteiger partial charge in [-0.15, -0.1) is 0 Å². The zero-order chi connectivity index (χ0) is 21.1. The number of likely N-dealkylation sites (tertiary alicyclic amines) is 1. The molecule has 0 unspecified atom stereocenters. The first-order chi connectivity index (χ1) is 14.7. The third kappa shape index (κ3) is 4.45. The van der Waals surface area contributed by atoms with Crippen molar-refractivity contribution in [2.75, 3.05) is 27.4 Å². The molecule has 1 aliphatic heterocycles. The zero-order valence-electron chi connectivity index (χ0n) is 18.4. The molecule has 1 heterocycles. The van der Waals surface area contributed by atoms with Gasteiger partial charge in [0.15, 0.2) is 0 Å². The molecule has 4 rings (SSSR count). The van der Waals surface area contributed by atoms with Crippen molar-refractivity contribution >= 4 is 5.91 Å². The lowest BCUT2D eigenvalue weighted by Gasteiger charge is -2.46. The first kappa shape index (κ1) is 21.4. The average molecular weight is 417 g/mol. The van der Waals surface area contributed by atoms with Crippen LogP contribution >= 0.6 is 0 Å². The van der Waals surface area contributed by atoms with E-state index in [-0.39, 0.29) is 12.5 Å². The summed E-state index contributed by atoms with van der Waals surface area (Å²) in [5.74, 6) is 2.27. The van der Waals surface area contributed by atoms with Crippen LogP contribution in [0, 0.1) is 5.92 Å². The highest BCUT2D eigenvalue weighted by atomic mass is 16.5. The Bertz CT molecular complexity index is 734. The van der Waals surface area contributed by atoms with E-state index in [0.717, 1.165) is 49.3 Å². The van der Waals surface area contributed by atoms with Crippen LogP contribution in [0.1, 0.15) is 56.9 Å². The first-order valence-electron chi connectivity index (χ1n) is 11.5. The molecule has 3 atom stereocenters. The van der Waals surface area contributed by atoms with Gasteiger partial charge in [0.2, 0.25) is 5.91 Å². The Labute approximate surface area is 180 Å². The van der Waals surface area contributed by atoms with Crippen LogP contribution in [0.4, 0.5) is 0 Å². The molecule has 2 aliphatic carbocycles. The number of hydrogen-bond acceptors (Lipinski definition) is 5. The fourth-order valence-electron chi connectivity index (χ4n) is 5.49. The number of ether oxygens (including phenoxy) is 2. The minimum Gasteiger partial charge on any atom is -0.497 e. The molecule has 2 saturated carbocycles. The minimum atomic E-state index is -0.481. The van der Waals surface area contributed by atoms with Crippen molar-refractivity contribution in [3.05, 3.63) is 23.8 Å². The van der Waals surface area contributed by atoms with Gasteiger partial charge >= 0.3 is 0 Å². The molecule has 3 aliphatic rings. The highest BCUT2D eigenvalue weighted by Crippen LogP contribution is 2.38.